The van der Waals surface area contributed by atoms with Gasteiger partial charge in [-0.05, 0) is 0 Å². The van der Waals surface area contributed by atoms with Crippen molar-refractivity contribution in [2.24, 2.45) is 0 Å². The summed E-state index contributed by atoms with van der Waals surface area (Å²) in [6.07, 6.45) is 0. The number of hydrogen-bond donors (Lipinski definition) is 0. The topological polar surface area (TPSA) is 0 Å². The SMILES string of the molecule is Fc1cc[c]([Ti])c(F)c1F. The summed E-state index contributed by atoms with van der Waals surface area (Å²) in [6.45, 7) is 0. The van der Waals surface area contributed by atoms with Gasteiger partial charge in [0.1, 0.15) is 0 Å². The van der Waals surface area contributed by atoms with Gasteiger partial charge in [0.15, 0.2) is 0 Å². The quantitative estimate of drug-likeness (QED) is 0.415. The summed E-state index contributed by atoms with van der Waals surface area (Å²) >= 11 is 1.37. The summed E-state index contributed by atoms with van der Waals surface area (Å²) in [5.74, 6) is -3.66. The van der Waals surface area contributed by atoms with Crippen LogP contribution in [-0.2, 0) is 20.4 Å². The van der Waals surface area contributed by atoms with Gasteiger partial charge in [0.2, 0.25) is 0 Å². The second kappa shape index (κ2) is 2.76. The summed E-state index contributed by atoms with van der Waals surface area (Å²) in [6, 6.07) is 2.08. The van der Waals surface area contributed by atoms with Crippen LogP contribution in [0, 0.1) is 17.5 Å². The molecule has 0 aliphatic carbocycles. The van der Waals surface area contributed by atoms with Crippen LogP contribution in [0.15, 0.2) is 12.1 Å². The van der Waals surface area contributed by atoms with E-state index < -0.39 is 17.5 Å². The first-order chi connectivity index (χ1) is 4.63. The number of benzene rings is 1. The van der Waals surface area contributed by atoms with Crippen LogP contribution in [0.1, 0.15) is 0 Å². The van der Waals surface area contributed by atoms with E-state index in [0.717, 1.165) is 6.07 Å². The molecule has 51 valence electrons. The first-order valence-electron chi connectivity index (χ1n) is 2.48. The fourth-order valence-electron chi connectivity index (χ4n) is 0.526. The third-order valence-corrected chi connectivity index (χ3v) is 1.64. The average molecular weight is 179 g/mol. The van der Waals surface area contributed by atoms with Crippen molar-refractivity contribution in [2.75, 3.05) is 0 Å². The molecule has 0 saturated carbocycles. The molecule has 0 N–H and O–H groups in total. The minimum absolute atomic E-state index is 0.110. The zero-order valence-corrected chi connectivity index (χ0v) is 6.35. The molecule has 0 aliphatic rings. The van der Waals surface area contributed by atoms with Crippen LogP contribution in [0.4, 0.5) is 13.2 Å². The van der Waals surface area contributed by atoms with E-state index in [9.17, 15) is 13.2 Å². The average Bonchev–Trinajstić information content (AvgIpc) is 1.93. The van der Waals surface area contributed by atoms with Gasteiger partial charge < -0.3 is 0 Å². The van der Waals surface area contributed by atoms with Gasteiger partial charge in [0.25, 0.3) is 0 Å². The molecule has 0 fully saturated rings. The Morgan fingerprint density at radius 2 is 1.60 bits per heavy atom. The van der Waals surface area contributed by atoms with Gasteiger partial charge in [-0.1, -0.05) is 0 Å². The molecular formula is C6H2F3Ti. The van der Waals surface area contributed by atoms with Crippen LogP contribution < -0.4 is 3.87 Å². The van der Waals surface area contributed by atoms with Crippen molar-refractivity contribution in [1.29, 1.82) is 0 Å². The van der Waals surface area contributed by atoms with E-state index in [-0.39, 0.29) is 3.87 Å². The Hall–Kier alpha value is -0.276. The monoisotopic (exact) mass is 179 g/mol. The molecule has 0 aliphatic heterocycles. The van der Waals surface area contributed by atoms with Crippen molar-refractivity contribution >= 4 is 3.87 Å². The van der Waals surface area contributed by atoms with E-state index in [1.807, 2.05) is 0 Å². The van der Waals surface area contributed by atoms with E-state index in [1.165, 1.54) is 26.5 Å². The molecule has 0 bridgehead atoms. The number of hydrogen-bond acceptors (Lipinski definition) is 0. The molecule has 0 nitrogen and oxygen atoms in total. The first kappa shape index (κ1) is 7.83. The molecule has 10 heavy (non-hydrogen) atoms. The Bertz CT molecular complexity index is 232. The van der Waals surface area contributed by atoms with Crippen molar-refractivity contribution < 1.29 is 33.6 Å². The summed E-state index contributed by atoms with van der Waals surface area (Å²) in [5.41, 5.74) is 0. The van der Waals surface area contributed by atoms with Crippen LogP contribution in [0.3, 0.4) is 0 Å². The molecule has 0 heterocycles. The zero-order valence-electron chi connectivity index (χ0n) is 4.79. The standard InChI is InChI=1S/C6H2F3.Ti/c7-4-2-1-3-5(8)6(4)9;/h1-2H;. The molecule has 1 rings (SSSR count). The van der Waals surface area contributed by atoms with Crippen LogP contribution in [-0.4, -0.2) is 0 Å². The van der Waals surface area contributed by atoms with Gasteiger partial charge in [0.05, 0.1) is 0 Å². The van der Waals surface area contributed by atoms with E-state index in [2.05, 4.69) is 0 Å². The Kier molecular flexibility index (Phi) is 2.16. The Labute approximate surface area is 67.5 Å². The maximum absolute atomic E-state index is 12.4. The molecule has 0 aromatic heterocycles. The zero-order chi connectivity index (χ0) is 7.72. The molecule has 1 aromatic rings. The molecular weight excluding hydrogens is 177 g/mol. The normalized spacial score (nSPS) is 9.80. The van der Waals surface area contributed by atoms with Gasteiger partial charge >= 0.3 is 67.1 Å². The maximum atomic E-state index is 12.4. The van der Waals surface area contributed by atoms with Gasteiger partial charge in [-0.2, -0.15) is 0 Å². The molecule has 0 atom stereocenters. The summed E-state index contributed by atoms with van der Waals surface area (Å²) < 4.78 is 36.9. The summed E-state index contributed by atoms with van der Waals surface area (Å²) in [4.78, 5) is 0. The molecule has 0 unspecified atom stereocenters. The van der Waals surface area contributed by atoms with E-state index >= 15 is 0 Å². The summed E-state index contributed by atoms with van der Waals surface area (Å²) in [5, 5.41) is 0. The second-order valence-electron chi connectivity index (χ2n) is 1.72. The molecule has 0 spiro atoms. The van der Waals surface area contributed by atoms with Crippen molar-refractivity contribution in [2.45, 2.75) is 0 Å². The molecule has 0 radical (unpaired) electrons. The van der Waals surface area contributed by atoms with Crippen LogP contribution in [0.2, 0.25) is 0 Å². The second-order valence-corrected chi connectivity index (χ2v) is 2.56. The van der Waals surface area contributed by atoms with Gasteiger partial charge in [0, 0.05) is 0 Å². The Morgan fingerprint density at radius 1 is 1.00 bits per heavy atom. The van der Waals surface area contributed by atoms with E-state index in [1.54, 1.807) is 0 Å². The Morgan fingerprint density at radius 3 is 2.10 bits per heavy atom. The van der Waals surface area contributed by atoms with E-state index in [0.29, 0.717) is 0 Å². The van der Waals surface area contributed by atoms with Crippen LogP contribution in [0.5, 0.6) is 0 Å². The molecule has 1 aromatic carbocycles. The third-order valence-electron chi connectivity index (χ3n) is 1.04. The minimum atomic E-state index is -1.40. The fraction of sp³-hybridized carbons (Fsp3) is 0. The van der Waals surface area contributed by atoms with Crippen LogP contribution >= 0.6 is 0 Å². The fourth-order valence-corrected chi connectivity index (χ4v) is 0.827. The van der Waals surface area contributed by atoms with Gasteiger partial charge in [-0.25, -0.2) is 0 Å². The molecule has 4 heteroatoms. The molecule has 0 saturated heterocycles. The number of rotatable bonds is 0. The van der Waals surface area contributed by atoms with Crippen molar-refractivity contribution in [3.8, 4) is 0 Å². The van der Waals surface area contributed by atoms with Crippen molar-refractivity contribution in [3.63, 3.8) is 0 Å². The molecule has 0 amide bonds. The Balaban J connectivity index is 3.34. The predicted octanol–water partition coefficient (Wildman–Crippen LogP) is 1.28. The van der Waals surface area contributed by atoms with E-state index in [4.69, 9.17) is 0 Å². The first-order valence-corrected chi connectivity index (χ1v) is 3.26. The van der Waals surface area contributed by atoms with Crippen molar-refractivity contribution in [3.05, 3.63) is 29.6 Å². The third kappa shape index (κ3) is 1.25. The van der Waals surface area contributed by atoms with Gasteiger partial charge in [-0.3, -0.25) is 0 Å². The number of halogens is 3. The predicted molar refractivity (Wildman–Crippen MR) is 25.9 cm³/mol. The summed E-state index contributed by atoms with van der Waals surface area (Å²) in [7, 11) is 0. The van der Waals surface area contributed by atoms with Crippen molar-refractivity contribution in [1.82, 2.24) is 0 Å². The van der Waals surface area contributed by atoms with Crippen LogP contribution in [0.25, 0.3) is 0 Å². The van der Waals surface area contributed by atoms with Gasteiger partial charge in [-0.15, -0.1) is 0 Å².